The Morgan fingerprint density at radius 3 is 2.67 bits per heavy atom. The third-order valence-corrected chi connectivity index (χ3v) is 3.13. The molecular formula is C14H23ClN2O. The molecule has 0 aliphatic carbocycles. The maximum atomic E-state index is 6.34. The Balaban J connectivity index is 2.73. The molecule has 102 valence electrons. The molecule has 0 saturated heterocycles. The predicted molar refractivity (Wildman–Crippen MR) is 78.6 cm³/mol. The standard InChI is InChI=1S/C14H23ClN2O/c1-4-17(8-9-18-5-2)14-7-6-12(11-16-3)10-13(14)15/h6-7,10,16H,4-5,8-9,11H2,1-3H3. The average molecular weight is 271 g/mol. The maximum Gasteiger partial charge on any atom is 0.0642 e. The molecule has 0 saturated carbocycles. The number of nitrogens with zero attached hydrogens (tertiary/aromatic N) is 1. The molecule has 0 aliphatic rings. The molecule has 4 heteroatoms. The number of benzene rings is 1. The molecule has 1 N–H and O–H groups in total. The number of nitrogens with one attached hydrogen (secondary N) is 1. The second-order valence-electron chi connectivity index (χ2n) is 4.09. The molecule has 1 aromatic carbocycles. The van der Waals surface area contributed by atoms with Crippen molar-refractivity contribution in [2.45, 2.75) is 20.4 Å². The lowest BCUT2D eigenvalue weighted by Crippen LogP contribution is -2.27. The van der Waals surface area contributed by atoms with E-state index in [2.05, 4.69) is 29.3 Å². The number of hydrogen-bond donors (Lipinski definition) is 1. The summed E-state index contributed by atoms with van der Waals surface area (Å²) in [6, 6.07) is 6.22. The van der Waals surface area contributed by atoms with E-state index in [1.165, 1.54) is 5.56 Å². The highest BCUT2D eigenvalue weighted by molar-refractivity contribution is 6.33. The van der Waals surface area contributed by atoms with E-state index in [1.54, 1.807) is 0 Å². The first-order chi connectivity index (χ1) is 8.72. The summed E-state index contributed by atoms with van der Waals surface area (Å²) in [7, 11) is 1.93. The van der Waals surface area contributed by atoms with Crippen LogP contribution >= 0.6 is 11.6 Å². The number of rotatable bonds is 8. The highest BCUT2D eigenvalue weighted by Crippen LogP contribution is 2.26. The van der Waals surface area contributed by atoms with Crippen LogP contribution in [-0.4, -0.2) is 33.4 Å². The number of likely N-dealkylation sites (N-methyl/N-ethyl adjacent to an activating group) is 1. The van der Waals surface area contributed by atoms with Gasteiger partial charge in [-0.1, -0.05) is 17.7 Å². The largest absolute Gasteiger partial charge is 0.380 e. The topological polar surface area (TPSA) is 24.5 Å². The number of halogens is 1. The van der Waals surface area contributed by atoms with Crippen LogP contribution in [0.5, 0.6) is 0 Å². The molecule has 0 unspecified atom stereocenters. The highest BCUT2D eigenvalue weighted by Gasteiger charge is 2.09. The molecule has 0 radical (unpaired) electrons. The van der Waals surface area contributed by atoms with Crippen LogP contribution in [0.4, 0.5) is 5.69 Å². The van der Waals surface area contributed by atoms with Gasteiger partial charge in [-0.3, -0.25) is 0 Å². The maximum absolute atomic E-state index is 6.34. The summed E-state index contributed by atoms with van der Waals surface area (Å²) in [5.41, 5.74) is 2.28. The van der Waals surface area contributed by atoms with Gasteiger partial charge in [-0.05, 0) is 38.6 Å². The zero-order chi connectivity index (χ0) is 13.4. The highest BCUT2D eigenvalue weighted by atomic mass is 35.5. The Labute approximate surface area is 115 Å². The summed E-state index contributed by atoms with van der Waals surface area (Å²) >= 11 is 6.34. The first-order valence-corrected chi connectivity index (χ1v) is 6.86. The van der Waals surface area contributed by atoms with Crippen molar-refractivity contribution in [3.63, 3.8) is 0 Å². The SMILES string of the molecule is CCOCCN(CC)c1ccc(CNC)cc1Cl. The summed E-state index contributed by atoms with van der Waals surface area (Å²) in [6.07, 6.45) is 0. The van der Waals surface area contributed by atoms with Gasteiger partial charge in [0.05, 0.1) is 17.3 Å². The van der Waals surface area contributed by atoms with Gasteiger partial charge in [0, 0.05) is 26.2 Å². The van der Waals surface area contributed by atoms with Gasteiger partial charge in [0.1, 0.15) is 0 Å². The van der Waals surface area contributed by atoms with Crippen molar-refractivity contribution in [3.8, 4) is 0 Å². The van der Waals surface area contributed by atoms with Crippen LogP contribution in [0, 0.1) is 0 Å². The van der Waals surface area contributed by atoms with Crippen molar-refractivity contribution in [1.82, 2.24) is 5.32 Å². The second-order valence-corrected chi connectivity index (χ2v) is 4.50. The molecule has 18 heavy (non-hydrogen) atoms. The smallest absolute Gasteiger partial charge is 0.0642 e. The Hall–Kier alpha value is -0.770. The fourth-order valence-corrected chi connectivity index (χ4v) is 2.21. The molecule has 0 aliphatic heterocycles. The zero-order valence-corrected chi connectivity index (χ0v) is 12.3. The lowest BCUT2D eigenvalue weighted by atomic mass is 10.2. The first-order valence-electron chi connectivity index (χ1n) is 6.48. The molecule has 0 bridgehead atoms. The minimum Gasteiger partial charge on any atom is -0.380 e. The molecular weight excluding hydrogens is 248 g/mol. The summed E-state index contributed by atoms with van der Waals surface area (Å²) in [4.78, 5) is 2.24. The molecule has 0 heterocycles. The van der Waals surface area contributed by atoms with Crippen molar-refractivity contribution in [2.75, 3.05) is 38.3 Å². The number of anilines is 1. The third-order valence-electron chi connectivity index (χ3n) is 2.83. The van der Waals surface area contributed by atoms with Crippen LogP contribution in [0.3, 0.4) is 0 Å². The van der Waals surface area contributed by atoms with Gasteiger partial charge in [0.25, 0.3) is 0 Å². The van der Waals surface area contributed by atoms with Gasteiger partial charge in [-0.25, -0.2) is 0 Å². The van der Waals surface area contributed by atoms with Gasteiger partial charge in [0.15, 0.2) is 0 Å². The molecule has 0 amide bonds. The molecule has 0 aromatic heterocycles. The Bertz CT molecular complexity index is 358. The van der Waals surface area contributed by atoms with E-state index in [0.717, 1.165) is 43.6 Å². The summed E-state index contributed by atoms with van der Waals surface area (Å²) in [5.74, 6) is 0. The van der Waals surface area contributed by atoms with E-state index in [-0.39, 0.29) is 0 Å². The molecule has 0 fully saturated rings. The van der Waals surface area contributed by atoms with Crippen LogP contribution in [0.1, 0.15) is 19.4 Å². The summed E-state index contributed by atoms with van der Waals surface area (Å²) in [5, 5.41) is 3.93. The van der Waals surface area contributed by atoms with Crippen molar-refractivity contribution < 1.29 is 4.74 Å². The predicted octanol–water partition coefficient (Wildman–Crippen LogP) is 2.92. The fraction of sp³-hybridized carbons (Fsp3) is 0.571. The van der Waals surface area contributed by atoms with Crippen molar-refractivity contribution in [3.05, 3.63) is 28.8 Å². The lowest BCUT2D eigenvalue weighted by Gasteiger charge is -2.24. The van der Waals surface area contributed by atoms with Crippen molar-refractivity contribution in [2.24, 2.45) is 0 Å². The first kappa shape index (κ1) is 15.3. The summed E-state index contributed by atoms with van der Waals surface area (Å²) in [6.45, 7) is 8.27. The molecule has 1 rings (SSSR count). The Morgan fingerprint density at radius 1 is 1.33 bits per heavy atom. The number of hydrogen-bond acceptors (Lipinski definition) is 3. The zero-order valence-electron chi connectivity index (χ0n) is 11.5. The van der Waals surface area contributed by atoms with Gasteiger partial charge >= 0.3 is 0 Å². The second kappa shape index (κ2) is 8.35. The van der Waals surface area contributed by atoms with E-state index in [1.807, 2.05) is 20.0 Å². The van der Waals surface area contributed by atoms with E-state index in [4.69, 9.17) is 16.3 Å². The molecule has 0 spiro atoms. The lowest BCUT2D eigenvalue weighted by molar-refractivity contribution is 0.154. The van der Waals surface area contributed by atoms with Crippen LogP contribution in [0.2, 0.25) is 5.02 Å². The fourth-order valence-electron chi connectivity index (χ4n) is 1.89. The van der Waals surface area contributed by atoms with Crippen LogP contribution in [0.25, 0.3) is 0 Å². The normalized spacial score (nSPS) is 10.7. The Morgan fingerprint density at radius 2 is 2.11 bits per heavy atom. The van der Waals surface area contributed by atoms with Gasteiger partial charge in [-0.15, -0.1) is 0 Å². The van der Waals surface area contributed by atoms with Crippen molar-refractivity contribution >= 4 is 17.3 Å². The number of ether oxygens (including phenoxy) is 1. The quantitative estimate of drug-likeness (QED) is 0.735. The third kappa shape index (κ3) is 4.48. The minimum absolute atomic E-state index is 0.735. The van der Waals surface area contributed by atoms with Crippen molar-refractivity contribution in [1.29, 1.82) is 0 Å². The van der Waals surface area contributed by atoms with E-state index in [9.17, 15) is 0 Å². The Kier molecular flexibility index (Phi) is 7.09. The summed E-state index contributed by atoms with van der Waals surface area (Å²) < 4.78 is 5.39. The molecule has 1 aromatic rings. The van der Waals surface area contributed by atoms with Gasteiger partial charge < -0.3 is 15.0 Å². The van der Waals surface area contributed by atoms with Gasteiger partial charge in [-0.2, -0.15) is 0 Å². The minimum atomic E-state index is 0.735. The van der Waals surface area contributed by atoms with E-state index < -0.39 is 0 Å². The van der Waals surface area contributed by atoms with Gasteiger partial charge in [0.2, 0.25) is 0 Å². The van der Waals surface area contributed by atoms with Crippen LogP contribution in [0.15, 0.2) is 18.2 Å². The average Bonchev–Trinajstić information content (AvgIpc) is 2.36. The van der Waals surface area contributed by atoms with E-state index >= 15 is 0 Å². The molecule has 0 atom stereocenters. The monoisotopic (exact) mass is 270 g/mol. The van der Waals surface area contributed by atoms with Crippen LogP contribution in [-0.2, 0) is 11.3 Å². The van der Waals surface area contributed by atoms with E-state index in [0.29, 0.717) is 0 Å². The molecule has 3 nitrogen and oxygen atoms in total. The van der Waals surface area contributed by atoms with Crippen LogP contribution < -0.4 is 10.2 Å².